The van der Waals surface area contributed by atoms with E-state index in [-0.39, 0.29) is 23.6 Å². The summed E-state index contributed by atoms with van der Waals surface area (Å²) in [5.41, 5.74) is 0. The standard InChI is InChI=1S/C13H15NO6S/c1-19-10-3-5-11(6-4-10)21(17,18)14-8-9(15)7-12(14)13(16)20-2/h3-6,12H,7-8H2,1-2H3/t12-/m1/s1. The van der Waals surface area contributed by atoms with Crippen molar-refractivity contribution in [3.8, 4) is 5.75 Å². The topological polar surface area (TPSA) is 90.0 Å². The predicted octanol–water partition coefficient (Wildman–Crippen LogP) is 0.200. The molecule has 0 N–H and O–H groups in total. The molecule has 1 aliphatic rings. The summed E-state index contributed by atoms with van der Waals surface area (Å²) in [5.74, 6) is -0.545. The zero-order chi connectivity index (χ0) is 15.6. The van der Waals surface area contributed by atoms with Crippen LogP contribution in [0.4, 0.5) is 0 Å². The molecule has 0 aromatic heterocycles. The summed E-state index contributed by atoms with van der Waals surface area (Å²) >= 11 is 0. The molecule has 1 saturated heterocycles. The minimum absolute atomic E-state index is 0.00750. The van der Waals surface area contributed by atoms with Crippen LogP contribution in [0, 0.1) is 0 Å². The van der Waals surface area contributed by atoms with Crippen molar-refractivity contribution in [3.05, 3.63) is 24.3 Å². The van der Waals surface area contributed by atoms with Gasteiger partial charge in [0, 0.05) is 6.42 Å². The number of methoxy groups -OCH3 is 2. The van der Waals surface area contributed by atoms with E-state index in [1.807, 2.05) is 0 Å². The fraction of sp³-hybridized carbons (Fsp3) is 0.385. The molecule has 2 rings (SSSR count). The molecule has 8 heteroatoms. The van der Waals surface area contributed by atoms with E-state index < -0.39 is 22.0 Å². The van der Waals surface area contributed by atoms with Gasteiger partial charge in [0.25, 0.3) is 0 Å². The molecule has 7 nitrogen and oxygen atoms in total. The summed E-state index contributed by atoms with van der Waals surface area (Å²) in [5, 5.41) is 0. The highest BCUT2D eigenvalue weighted by atomic mass is 32.2. The van der Waals surface area contributed by atoms with Gasteiger partial charge in [0.1, 0.15) is 17.6 Å². The van der Waals surface area contributed by atoms with Crippen molar-refractivity contribution in [1.82, 2.24) is 4.31 Å². The number of hydrogen-bond donors (Lipinski definition) is 0. The normalized spacial score (nSPS) is 19.5. The Bertz CT molecular complexity index is 652. The van der Waals surface area contributed by atoms with Crippen molar-refractivity contribution >= 4 is 21.8 Å². The van der Waals surface area contributed by atoms with Crippen LogP contribution in [-0.2, 0) is 24.3 Å². The number of esters is 1. The van der Waals surface area contributed by atoms with E-state index >= 15 is 0 Å². The quantitative estimate of drug-likeness (QED) is 0.738. The lowest BCUT2D eigenvalue weighted by Gasteiger charge is -2.21. The van der Waals surface area contributed by atoms with Gasteiger partial charge in [0.05, 0.1) is 25.7 Å². The Labute approximate surface area is 122 Å². The van der Waals surface area contributed by atoms with Gasteiger partial charge in [-0.05, 0) is 24.3 Å². The third-order valence-corrected chi connectivity index (χ3v) is 5.11. The van der Waals surface area contributed by atoms with Gasteiger partial charge >= 0.3 is 5.97 Å². The van der Waals surface area contributed by atoms with Crippen LogP contribution in [0.25, 0.3) is 0 Å². The number of rotatable bonds is 4. The van der Waals surface area contributed by atoms with Gasteiger partial charge in [-0.25, -0.2) is 8.42 Å². The zero-order valence-electron chi connectivity index (χ0n) is 11.6. The van der Waals surface area contributed by atoms with Crippen LogP contribution in [0.5, 0.6) is 5.75 Å². The average Bonchev–Trinajstić information content (AvgIpc) is 2.89. The van der Waals surface area contributed by atoms with Gasteiger partial charge in [-0.15, -0.1) is 0 Å². The Hall–Kier alpha value is -1.93. The Balaban J connectivity index is 2.36. The van der Waals surface area contributed by atoms with E-state index in [0.717, 1.165) is 11.4 Å². The van der Waals surface area contributed by atoms with Crippen molar-refractivity contribution in [2.24, 2.45) is 0 Å². The largest absolute Gasteiger partial charge is 0.497 e. The summed E-state index contributed by atoms with van der Waals surface area (Å²) in [6, 6.07) is 4.63. The van der Waals surface area contributed by atoms with Gasteiger partial charge in [0.15, 0.2) is 0 Å². The predicted molar refractivity (Wildman–Crippen MR) is 72.3 cm³/mol. The summed E-state index contributed by atoms with van der Waals surface area (Å²) in [4.78, 5) is 23.2. The number of carbonyl (C=O) groups excluding carboxylic acids is 2. The molecule has 1 heterocycles. The molecule has 0 radical (unpaired) electrons. The molecule has 0 unspecified atom stereocenters. The second-order valence-electron chi connectivity index (χ2n) is 4.51. The fourth-order valence-electron chi connectivity index (χ4n) is 2.14. The van der Waals surface area contributed by atoms with Gasteiger partial charge in [0.2, 0.25) is 10.0 Å². The molecule has 1 fully saturated rings. The average molecular weight is 313 g/mol. The second-order valence-corrected chi connectivity index (χ2v) is 6.40. The van der Waals surface area contributed by atoms with Crippen LogP contribution in [0.15, 0.2) is 29.2 Å². The maximum atomic E-state index is 12.5. The lowest BCUT2D eigenvalue weighted by Crippen LogP contribution is -2.41. The Kier molecular flexibility index (Phi) is 4.29. The highest BCUT2D eigenvalue weighted by molar-refractivity contribution is 7.89. The number of ether oxygens (including phenoxy) is 2. The molecule has 114 valence electrons. The highest BCUT2D eigenvalue weighted by Crippen LogP contribution is 2.26. The molecular formula is C13H15NO6S. The molecule has 1 atom stereocenters. The van der Waals surface area contributed by atoms with Gasteiger partial charge in [-0.3, -0.25) is 9.59 Å². The highest BCUT2D eigenvalue weighted by Gasteiger charge is 2.44. The number of Topliss-reactive ketones (excluding diaryl/α,β-unsaturated/α-hetero) is 1. The number of nitrogens with zero attached hydrogens (tertiary/aromatic N) is 1. The smallest absolute Gasteiger partial charge is 0.324 e. The minimum Gasteiger partial charge on any atom is -0.497 e. The van der Waals surface area contributed by atoms with Crippen LogP contribution < -0.4 is 4.74 Å². The maximum absolute atomic E-state index is 12.5. The van der Waals surface area contributed by atoms with E-state index in [1.54, 1.807) is 0 Å². The van der Waals surface area contributed by atoms with Crippen molar-refractivity contribution in [1.29, 1.82) is 0 Å². The lowest BCUT2D eigenvalue weighted by atomic mass is 10.2. The molecule has 0 spiro atoms. The number of sulfonamides is 1. The second kappa shape index (κ2) is 5.82. The Morgan fingerprint density at radius 2 is 1.86 bits per heavy atom. The number of ketones is 1. The maximum Gasteiger partial charge on any atom is 0.324 e. The third kappa shape index (κ3) is 2.91. The summed E-state index contributed by atoms with van der Waals surface area (Å²) < 4.78 is 35.5. The molecular weight excluding hydrogens is 298 g/mol. The Morgan fingerprint density at radius 3 is 2.38 bits per heavy atom. The monoisotopic (exact) mass is 313 g/mol. The first-order chi connectivity index (χ1) is 9.90. The van der Waals surface area contributed by atoms with Gasteiger partial charge in [-0.1, -0.05) is 0 Å². The number of carbonyl (C=O) groups is 2. The van der Waals surface area contributed by atoms with Gasteiger partial charge in [-0.2, -0.15) is 4.31 Å². The van der Waals surface area contributed by atoms with E-state index in [2.05, 4.69) is 4.74 Å². The summed E-state index contributed by atoms with van der Waals surface area (Å²) in [6.45, 7) is -0.325. The van der Waals surface area contributed by atoms with E-state index in [4.69, 9.17) is 4.74 Å². The molecule has 21 heavy (non-hydrogen) atoms. The SMILES string of the molecule is COC(=O)[C@H]1CC(=O)CN1S(=O)(=O)c1ccc(OC)cc1. The molecule has 1 aromatic rings. The van der Waals surface area contributed by atoms with Crippen LogP contribution in [-0.4, -0.2) is 51.3 Å². The molecule has 0 amide bonds. The molecule has 0 saturated carbocycles. The van der Waals surface area contributed by atoms with E-state index in [0.29, 0.717) is 5.75 Å². The van der Waals surface area contributed by atoms with Gasteiger partial charge < -0.3 is 9.47 Å². The molecule has 0 aliphatic carbocycles. The van der Waals surface area contributed by atoms with Crippen LogP contribution in [0.1, 0.15) is 6.42 Å². The number of hydrogen-bond acceptors (Lipinski definition) is 6. The first-order valence-corrected chi connectivity index (χ1v) is 7.59. The van der Waals surface area contributed by atoms with Crippen LogP contribution in [0.3, 0.4) is 0 Å². The van der Waals surface area contributed by atoms with Crippen molar-refractivity contribution in [2.75, 3.05) is 20.8 Å². The number of benzene rings is 1. The van der Waals surface area contributed by atoms with Crippen LogP contribution >= 0.6 is 0 Å². The molecule has 1 aromatic carbocycles. The molecule has 0 bridgehead atoms. The summed E-state index contributed by atoms with van der Waals surface area (Å²) in [6.07, 6.45) is -0.165. The molecule has 1 aliphatic heterocycles. The Morgan fingerprint density at radius 1 is 1.24 bits per heavy atom. The van der Waals surface area contributed by atoms with Crippen molar-refractivity contribution in [3.63, 3.8) is 0 Å². The third-order valence-electron chi connectivity index (χ3n) is 3.24. The van der Waals surface area contributed by atoms with Crippen molar-refractivity contribution < 1.29 is 27.5 Å². The minimum atomic E-state index is -3.94. The van der Waals surface area contributed by atoms with E-state index in [1.165, 1.54) is 31.4 Å². The zero-order valence-corrected chi connectivity index (χ0v) is 12.4. The first kappa shape index (κ1) is 15.5. The lowest BCUT2D eigenvalue weighted by molar-refractivity contribution is -0.144. The fourth-order valence-corrected chi connectivity index (χ4v) is 3.70. The summed E-state index contributed by atoms with van der Waals surface area (Å²) in [7, 11) is -1.32. The van der Waals surface area contributed by atoms with Crippen molar-refractivity contribution in [2.45, 2.75) is 17.4 Å². The van der Waals surface area contributed by atoms with Crippen LogP contribution in [0.2, 0.25) is 0 Å². The first-order valence-electron chi connectivity index (χ1n) is 6.15. The van der Waals surface area contributed by atoms with E-state index in [9.17, 15) is 18.0 Å².